The molecule has 24 heavy (non-hydrogen) atoms. The van der Waals surface area contributed by atoms with Crippen LogP contribution in [0.25, 0.3) is 11.3 Å². The summed E-state index contributed by atoms with van der Waals surface area (Å²) in [7, 11) is 3.19. The van der Waals surface area contributed by atoms with E-state index >= 15 is 0 Å². The highest BCUT2D eigenvalue weighted by molar-refractivity contribution is 7.14. The van der Waals surface area contributed by atoms with Gasteiger partial charge in [0.2, 0.25) is 0 Å². The SMILES string of the molecule is COc1ccc(-c2nc(C)sc2C(=O)N2CCOCC2)cc1OC. The van der Waals surface area contributed by atoms with Crippen molar-refractivity contribution in [2.24, 2.45) is 0 Å². The van der Waals surface area contributed by atoms with Gasteiger partial charge in [0.1, 0.15) is 4.88 Å². The molecule has 0 saturated carbocycles. The molecule has 7 heteroatoms. The van der Waals surface area contributed by atoms with Crippen LogP contribution in [0.3, 0.4) is 0 Å². The van der Waals surface area contributed by atoms with Crippen LogP contribution in [-0.4, -0.2) is 56.3 Å². The standard InChI is InChI=1S/C17H20N2O4S/c1-11-18-15(12-4-5-13(21-2)14(10-12)22-3)16(24-11)17(20)19-6-8-23-9-7-19/h4-5,10H,6-9H2,1-3H3. The second-order valence-corrected chi connectivity index (χ2v) is 6.59. The van der Waals surface area contributed by atoms with Crippen molar-refractivity contribution in [3.63, 3.8) is 0 Å². The normalized spacial score (nSPS) is 14.5. The van der Waals surface area contributed by atoms with E-state index in [0.29, 0.717) is 48.4 Å². The Kier molecular flexibility index (Phi) is 5.01. The molecule has 0 bridgehead atoms. The Morgan fingerprint density at radius 2 is 1.92 bits per heavy atom. The van der Waals surface area contributed by atoms with Gasteiger partial charge in [-0.3, -0.25) is 4.79 Å². The van der Waals surface area contributed by atoms with Crippen molar-refractivity contribution in [3.05, 3.63) is 28.1 Å². The molecule has 0 spiro atoms. The minimum atomic E-state index is 0.00804. The molecule has 1 aromatic carbocycles. The first-order valence-electron chi connectivity index (χ1n) is 7.71. The Morgan fingerprint density at radius 3 is 2.58 bits per heavy atom. The predicted molar refractivity (Wildman–Crippen MR) is 92.1 cm³/mol. The maximum atomic E-state index is 12.9. The van der Waals surface area contributed by atoms with Gasteiger partial charge in [-0.05, 0) is 25.1 Å². The van der Waals surface area contributed by atoms with Gasteiger partial charge in [-0.15, -0.1) is 11.3 Å². The highest BCUT2D eigenvalue weighted by Crippen LogP contribution is 2.35. The minimum Gasteiger partial charge on any atom is -0.493 e. The summed E-state index contributed by atoms with van der Waals surface area (Å²) in [5.74, 6) is 1.27. The molecule has 2 heterocycles. The molecule has 1 fully saturated rings. The fourth-order valence-electron chi connectivity index (χ4n) is 2.66. The molecule has 0 radical (unpaired) electrons. The van der Waals surface area contributed by atoms with E-state index < -0.39 is 0 Å². The van der Waals surface area contributed by atoms with Crippen molar-refractivity contribution in [2.75, 3.05) is 40.5 Å². The first kappa shape index (κ1) is 16.7. The Hall–Kier alpha value is -2.12. The number of carbonyl (C=O) groups is 1. The lowest BCUT2D eigenvalue weighted by molar-refractivity contribution is 0.0306. The van der Waals surface area contributed by atoms with Gasteiger partial charge in [0.05, 0.1) is 38.1 Å². The van der Waals surface area contributed by atoms with Crippen LogP contribution in [0, 0.1) is 6.92 Å². The van der Waals surface area contributed by atoms with Crippen molar-refractivity contribution in [1.82, 2.24) is 9.88 Å². The summed E-state index contributed by atoms with van der Waals surface area (Å²) < 4.78 is 16.0. The first-order valence-corrected chi connectivity index (χ1v) is 8.52. The third-order valence-corrected chi connectivity index (χ3v) is 4.84. The second-order valence-electron chi connectivity index (χ2n) is 5.38. The van der Waals surface area contributed by atoms with Crippen LogP contribution in [-0.2, 0) is 4.74 Å². The van der Waals surface area contributed by atoms with Gasteiger partial charge in [-0.1, -0.05) is 0 Å². The average molecular weight is 348 g/mol. The molecule has 1 amide bonds. The summed E-state index contributed by atoms with van der Waals surface area (Å²) >= 11 is 1.42. The van der Waals surface area contributed by atoms with Gasteiger partial charge in [0.25, 0.3) is 5.91 Å². The van der Waals surface area contributed by atoms with Crippen LogP contribution in [0.15, 0.2) is 18.2 Å². The fourth-order valence-corrected chi connectivity index (χ4v) is 3.57. The van der Waals surface area contributed by atoms with Crippen LogP contribution < -0.4 is 9.47 Å². The number of benzene rings is 1. The first-order chi connectivity index (χ1) is 11.6. The molecular weight excluding hydrogens is 328 g/mol. The number of thiazole rings is 1. The van der Waals surface area contributed by atoms with E-state index in [1.165, 1.54) is 11.3 Å². The van der Waals surface area contributed by atoms with Crippen LogP contribution >= 0.6 is 11.3 Å². The number of amides is 1. The summed E-state index contributed by atoms with van der Waals surface area (Å²) in [5.41, 5.74) is 1.53. The smallest absolute Gasteiger partial charge is 0.266 e. The van der Waals surface area contributed by atoms with E-state index in [-0.39, 0.29) is 5.91 Å². The topological polar surface area (TPSA) is 60.9 Å². The number of nitrogens with zero attached hydrogens (tertiary/aromatic N) is 2. The number of aromatic nitrogens is 1. The number of carbonyl (C=O) groups excluding carboxylic acids is 1. The molecule has 128 valence electrons. The van der Waals surface area contributed by atoms with E-state index in [1.807, 2.05) is 30.0 Å². The molecule has 1 aliphatic rings. The van der Waals surface area contributed by atoms with Crippen molar-refractivity contribution >= 4 is 17.2 Å². The number of methoxy groups -OCH3 is 2. The third kappa shape index (κ3) is 3.22. The van der Waals surface area contributed by atoms with Crippen LogP contribution in [0.5, 0.6) is 11.5 Å². The largest absolute Gasteiger partial charge is 0.493 e. The zero-order chi connectivity index (χ0) is 17.1. The fraction of sp³-hybridized carbons (Fsp3) is 0.412. The molecule has 1 aromatic heterocycles. The third-order valence-electron chi connectivity index (χ3n) is 3.88. The van der Waals surface area contributed by atoms with Crippen molar-refractivity contribution in [2.45, 2.75) is 6.92 Å². The van der Waals surface area contributed by atoms with Crippen molar-refractivity contribution in [3.8, 4) is 22.8 Å². The maximum absolute atomic E-state index is 12.9. The molecule has 2 aromatic rings. The quantitative estimate of drug-likeness (QED) is 0.850. The summed E-state index contributed by atoms with van der Waals surface area (Å²) in [6.45, 7) is 4.29. The molecule has 0 N–H and O–H groups in total. The monoisotopic (exact) mass is 348 g/mol. The van der Waals surface area contributed by atoms with E-state index in [0.717, 1.165) is 10.6 Å². The Bertz CT molecular complexity index is 738. The lowest BCUT2D eigenvalue weighted by Gasteiger charge is -2.26. The van der Waals surface area contributed by atoms with Gasteiger partial charge >= 0.3 is 0 Å². The van der Waals surface area contributed by atoms with E-state index in [1.54, 1.807) is 14.2 Å². The van der Waals surface area contributed by atoms with E-state index in [2.05, 4.69) is 4.98 Å². The van der Waals surface area contributed by atoms with Gasteiger partial charge in [-0.2, -0.15) is 0 Å². The number of rotatable bonds is 4. The highest BCUT2D eigenvalue weighted by atomic mass is 32.1. The van der Waals surface area contributed by atoms with Crippen LogP contribution in [0.2, 0.25) is 0 Å². The predicted octanol–water partition coefficient (Wildman–Crippen LogP) is 2.61. The van der Waals surface area contributed by atoms with Gasteiger partial charge < -0.3 is 19.1 Å². The molecular formula is C17H20N2O4S. The molecule has 1 saturated heterocycles. The molecule has 1 aliphatic heterocycles. The summed E-state index contributed by atoms with van der Waals surface area (Å²) in [6.07, 6.45) is 0. The highest BCUT2D eigenvalue weighted by Gasteiger charge is 2.25. The summed E-state index contributed by atoms with van der Waals surface area (Å²) in [6, 6.07) is 5.57. The second kappa shape index (κ2) is 7.19. The summed E-state index contributed by atoms with van der Waals surface area (Å²) in [5, 5.41) is 0.858. The Balaban J connectivity index is 1.98. The molecule has 6 nitrogen and oxygen atoms in total. The molecule has 0 aliphatic carbocycles. The minimum absolute atomic E-state index is 0.00804. The zero-order valence-corrected chi connectivity index (χ0v) is 14.8. The lowest BCUT2D eigenvalue weighted by atomic mass is 10.1. The van der Waals surface area contributed by atoms with E-state index in [9.17, 15) is 4.79 Å². The number of hydrogen-bond acceptors (Lipinski definition) is 6. The van der Waals surface area contributed by atoms with Crippen LogP contribution in [0.4, 0.5) is 0 Å². The summed E-state index contributed by atoms with van der Waals surface area (Å²) in [4.78, 5) is 19.9. The van der Waals surface area contributed by atoms with Gasteiger partial charge in [0, 0.05) is 18.7 Å². The Labute approximate surface area is 145 Å². The average Bonchev–Trinajstić information content (AvgIpc) is 3.03. The van der Waals surface area contributed by atoms with Gasteiger partial charge in [0.15, 0.2) is 11.5 Å². The van der Waals surface area contributed by atoms with Crippen LogP contribution in [0.1, 0.15) is 14.7 Å². The lowest BCUT2D eigenvalue weighted by Crippen LogP contribution is -2.40. The number of morpholine rings is 1. The number of aryl methyl sites for hydroxylation is 1. The van der Waals surface area contributed by atoms with E-state index in [4.69, 9.17) is 14.2 Å². The Morgan fingerprint density at radius 1 is 1.21 bits per heavy atom. The number of hydrogen-bond donors (Lipinski definition) is 0. The number of ether oxygens (including phenoxy) is 3. The van der Waals surface area contributed by atoms with Crippen molar-refractivity contribution in [1.29, 1.82) is 0 Å². The zero-order valence-electron chi connectivity index (χ0n) is 14.0. The molecule has 0 unspecified atom stereocenters. The molecule has 0 atom stereocenters. The maximum Gasteiger partial charge on any atom is 0.266 e. The molecule has 3 rings (SSSR count). The van der Waals surface area contributed by atoms with Gasteiger partial charge in [-0.25, -0.2) is 4.98 Å². The van der Waals surface area contributed by atoms with Crippen molar-refractivity contribution < 1.29 is 19.0 Å².